The minimum atomic E-state index is 0.373. The van der Waals surface area contributed by atoms with Crippen molar-refractivity contribution in [2.75, 3.05) is 6.61 Å². The first-order valence-corrected chi connectivity index (χ1v) is 3.67. The number of rotatable bonds is 1. The van der Waals surface area contributed by atoms with Crippen molar-refractivity contribution >= 4 is 11.8 Å². The lowest BCUT2D eigenvalue weighted by Crippen LogP contribution is -1.96. The topological polar surface area (TPSA) is 9.23 Å². The smallest absolute Gasteiger partial charge is 0.101 e. The van der Waals surface area contributed by atoms with Gasteiger partial charge in [0.25, 0.3) is 0 Å². The Morgan fingerprint density at radius 3 is 2.88 bits per heavy atom. The third-order valence-electron chi connectivity index (χ3n) is 1.12. The first-order chi connectivity index (χ1) is 3.83. The van der Waals surface area contributed by atoms with Crippen LogP contribution in [0.15, 0.2) is 12.7 Å². The molecule has 0 radical (unpaired) electrons. The first kappa shape index (κ1) is 6.17. The third-order valence-corrected chi connectivity index (χ3v) is 2.32. The van der Waals surface area contributed by atoms with Gasteiger partial charge in [0.2, 0.25) is 0 Å². The normalized spacial score (nSPS) is 37.6. The fourth-order valence-electron chi connectivity index (χ4n) is 0.679. The highest BCUT2D eigenvalue weighted by Gasteiger charge is 2.18. The van der Waals surface area contributed by atoms with E-state index >= 15 is 0 Å². The average molecular weight is 130 g/mol. The Bertz CT molecular complexity index is 92.5. The molecule has 0 amide bonds. The summed E-state index contributed by atoms with van der Waals surface area (Å²) in [6.07, 6.45) is 1.94. The van der Waals surface area contributed by atoms with Crippen LogP contribution in [0.5, 0.6) is 0 Å². The van der Waals surface area contributed by atoms with E-state index in [1.54, 1.807) is 0 Å². The second-order valence-corrected chi connectivity index (χ2v) is 3.35. The molecule has 2 unspecified atom stereocenters. The van der Waals surface area contributed by atoms with E-state index in [-0.39, 0.29) is 0 Å². The van der Waals surface area contributed by atoms with Crippen molar-refractivity contribution in [3.8, 4) is 0 Å². The molecule has 1 saturated heterocycles. The molecule has 0 N–H and O–H groups in total. The second-order valence-electron chi connectivity index (χ2n) is 1.81. The molecule has 0 bridgehead atoms. The molecular weight excluding hydrogens is 120 g/mol. The van der Waals surface area contributed by atoms with Gasteiger partial charge in [-0.1, -0.05) is 6.08 Å². The SMILES string of the molecule is C=CC1COC(C)S1. The summed E-state index contributed by atoms with van der Waals surface area (Å²) in [5.41, 5.74) is 0.373. The van der Waals surface area contributed by atoms with Gasteiger partial charge in [-0.15, -0.1) is 18.3 Å². The van der Waals surface area contributed by atoms with Crippen molar-refractivity contribution in [3.05, 3.63) is 12.7 Å². The minimum Gasteiger partial charge on any atom is -0.366 e. The van der Waals surface area contributed by atoms with Gasteiger partial charge in [0.05, 0.1) is 6.61 Å². The number of ether oxygens (including phenoxy) is 1. The molecule has 1 fully saturated rings. The van der Waals surface area contributed by atoms with Gasteiger partial charge in [-0.2, -0.15) is 0 Å². The molecule has 1 heterocycles. The summed E-state index contributed by atoms with van der Waals surface area (Å²) in [6.45, 7) is 6.58. The van der Waals surface area contributed by atoms with Gasteiger partial charge in [-0.25, -0.2) is 0 Å². The molecule has 0 aromatic carbocycles. The van der Waals surface area contributed by atoms with Crippen LogP contribution in [-0.4, -0.2) is 17.3 Å². The van der Waals surface area contributed by atoms with E-state index in [4.69, 9.17) is 4.74 Å². The van der Waals surface area contributed by atoms with Crippen LogP contribution < -0.4 is 0 Å². The van der Waals surface area contributed by atoms with Crippen molar-refractivity contribution in [2.24, 2.45) is 0 Å². The predicted octanol–water partition coefficient (Wildman–Crippen LogP) is 1.65. The Labute approximate surface area is 54.1 Å². The van der Waals surface area contributed by atoms with Gasteiger partial charge in [-0.05, 0) is 6.92 Å². The molecule has 0 aliphatic carbocycles. The lowest BCUT2D eigenvalue weighted by Gasteiger charge is -1.95. The van der Waals surface area contributed by atoms with E-state index < -0.39 is 0 Å². The molecule has 2 atom stereocenters. The monoisotopic (exact) mass is 130 g/mol. The molecule has 1 aliphatic rings. The Morgan fingerprint density at radius 2 is 2.62 bits per heavy atom. The van der Waals surface area contributed by atoms with Gasteiger partial charge in [0.15, 0.2) is 0 Å². The Balaban J connectivity index is 2.32. The molecule has 1 aliphatic heterocycles. The van der Waals surface area contributed by atoms with Crippen LogP contribution in [-0.2, 0) is 4.74 Å². The van der Waals surface area contributed by atoms with Crippen LogP contribution in [0.2, 0.25) is 0 Å². The maximum atomic E-state index is 5.25. The molecule has 1 rings (SSSR count). The van der Waals surface area contributed by atoms with Gasteiger partial charge in [0, 0.05) is 5.25 Å². The maximum absolute atomic E-state index is 5.25. The summed E-state index contributed by atoms with van der Waals surface area (Å²) in [7, 11) is 0. The molecule has 46 valence electrons. The van der Waals surface area contributed by atoms with Crippen molar-refractivity contribution in [3.63, 3.8) is 0 Å². The highest BCUT2D eigenvalue weighted by atomic mass is 32.2. The maximum Gasteiger partial charge on any atom is 0.101 e. The summed E-state index contributed by atoms with van der Waals surface area (Å²) in [5, 5.41) is 0.532. The molecule has 8 heavy (non-hydrogen) atoms. The van der Waals surface area contributed by atoms with Crippen molar-refractivity contribution in [1.29, 1.82) is 0 Å². The quantitative estimate of drug-likeness (QED) is 0.499. The standard InChI is InChI=1S/C6H10OS/c1-3-6-4-7-5(2)8-6/h3,5-6H,1,4H2,2H3. The van der Waals surface area contributed by atoms with E-state index in [9.17, 15) is 0 Å². The molecule has 0 aromatic rings. The van der Waals surface area contributed by atoms with Crippen molar-refractivity contribution in [1.82, 2.24) is 0 Å². The molecule has 1 nitrogen and oxygen atoms in total. The summed E-state index contributed by atoms with van der Waals surface area (Å²) < 4.78 is 5.25. The average Bonchev–Trinajstić information content (AvgIpc) is 2.14. The number of hydrogen-bond acceptors (Lipinski definition) is 2. The van der Waals surface area contributed by atoms with E-state index in [0.29, 0.717) is 10.7 Å². The second kappa shape index (κ2) is 2.55. The zero-order valence-corrected chi connectivity index (χ0v) is 5.78. The van der Waals surface area contributed by atoms with Crippen molar-refractivity contribution < 1.29 is 4.74 Å². The fraction of sp³-hybridized carbons (Fsp3) is 0.667. The summed E-state index contributed by atoms with van der Waals surface area (Å²) >= 11 is 1.83. The summed E-state index contributed by atoms with van der Waals surface area (Å²) in [6, 6.07) is 0. The zero-order chi connectivity index (χ0) is 5.98. The Morgan fingerprint density at radius 1 is 1.88 bits per heavy atom. The van der Waals surface area contributed by atoms with Gasteiger partial charge < -0.3 is 4.74 Å². The van der Waals surface area contributed by atoms with Gasteiger partial charge in [0.1, 0.15) is 5.44 Å². The van der Waals surface area contributed by atoms with Crippen LogP contribution in [0, 0.1) is 0 Å². The highest BCUT2D eigenvalue weighted by molar-refractivity contribution is 8.00. The number of hydrogen-bond donors (Lipinski definition) is 0. The van der Waals surface area contributed by atoms with Crippen LogP contribution in [0.4, 0.5) is 0 Å². The fourth-order valence-corrected chi connectivity index (χ4v) is 1.60. The highest BCUT2D eigenvalue weighted by Crippen LogP contribution is 2.26. The first-order valence-electron chi connectivity index (χ1n) is 2.72. The molecular formula is C6H10OS. The van der Waals surface area contributed by atoms with Gasteiger partial charge >= 0.3 is 0 Å². The largest absolute Gasteiger partial charge is 0.366 e. The zero-order valence-electron chi connectivity index (χ0n) is 4.96. The minimum absolute atomic E-state index is 0.373. The molecule has 0 saturated carbocycles. The Hall–Kier alpha value is 0.0500. The van der Waals surface area contributed by atoms with Crippen LogP contribution >= 0.6 is 11.8 Å². The number of thioether (sulfide) groups is 1. The molecule has 0 spiro atoms. The van der Waals surface area contributed by atoms with Crippen molar-refractivity contribution in [2.45, 2.75) is 17.6 Å². The van der Waals surface area contributed by atoms with Crippen LogP contribution in [0.3, 0.4) is 0 Å². The summed E-state index contributed by atoms with van der Waals surface area (Å²) in [5.74, 6) is 0. The van der Waals surface area contributed by atoms with Gasteiger partial charge in [-0.3, -0.25) is 0 Å². The summed E-state index contributed by atoms with van der Waals surface area (Å²) in [4.78, 5) is 0. The van der Waals surface area contributed by atoms with Crippen LogP contribution in [0.1, 0.15) is 6.92 Å². The third kappa shape index (κ3) is 1.26. The van der Waals surface area contributed by atoms with E-state index in [2.05, 4.69) is 13.5 Å². The lowest BCUT2D eigenvalue weighted by molar-refractivity contribution is 0.149. The molecule has 0 aromatic heterocycles. The van der Waals surface area contributed by atoms with E-state index in [1.807, 2.05) is 17.8 Å². The lowest BCUT2D eigenvalue weighted by atomic mass is 10.4. The molecule has 2 heteroatoms. The Kier molecular flexibility index (Phi) is 1.97. The van der Waals surface area contributed by atoms with E-state index in [1.165, 1.54) is 0 Å². The van der Waals surface area contributed by atoms with E-state index in [0.717, 1.165) is 6.61 Å². The van der Waals surface area contributed by atoms with Crippen LogP contribution in [0.25, 0.3) is 0 Å². The predicted molar refractivity (Wildman–Crippen MR) is 37.0 cm³/mol.